The minimum Gasteiger partial charge on any atom is -0.488 e. The summed E-state index contributed by atoms with van der Waals surface area (Å²) in [6, 6.07) is 9.52. The fraction of sp³-hybridized carbons (Fsp3) is 0.526. The van der Waals surface area contributed by atoms with Crippen LogP contribution in [0.1, 0.15) is 30.9 Å². The number of aromatic nitrogens is 3. The van der Waals surface area contributed by atoms with E-state index in [1.54, 1.807) is 4.68 Å². The van der Waals surface area contributed by atoms with Crippen LogP contribution in [0, 0.1) is 19.8 Å². The van der Waals surface area contributed by atoms with Crippen LogP contribution in [0.3, 0.4) is 0 Å². The first-order valence-electron chi connectivity index (χ1n) is 9.07. The number of nitrogens with one attached hydrogen (secondary N) is 1. The number of aryl methyl sites for hydroxylation is 3. The molecule has 1 aromatic heterocycles. The molecule has 0 aliphatic heterocycles. The average Bonchev–Trinajstić information content (AvgIpc) is 3.14. The zero-order chi connectivity index (χ0) is 18.5. The summed E-state index contributed by atoms with van der Waals surface area (Å²) < 4.78 is 7.60. The van der Waals surface area contributed by atoms with Gasteiger partial charge < -0.3 is 15.2 Å². The molecule has 1 aliphatic rings. The monoisotopic (exact) mass is 358 g/mol. The maximum Gasteiger partial charge on any atom is 0.221 e. The second kappa shape index (κ2) is 8.31. The molecule has 1 saturated carbocycles. The summed E-state index contributed by atoms with van der Waals surface area (Å²) in [4.78, 5) is 16.3. The molecular weight excluding hydrogens is 332 g/mol. The number of benzene rings is 1. The van der Waals surface area contributed by atoms with Gasteiger partial charge in [-0.2, -0.15) is 5.10 Å². The number of amides is 1. The lowest BCUT2D eigenvalue weighted by Crippen LogP contribution is -2.37. The highest BCUT2D eigenvalue weighted by molar-refractivity contribution is 5.75. The van der Waals surface area contributed by atoms with E-state index < -0.39 is 6.10 Å². The predicted molar refractivity (Wildman–Crippen MR) is 96.7 cm³/mol. The van der Waals surface area contributed by atoms with E-state index in [2.05, 4.69) is 15.4 Å². The van der Waals surface area contributed by atoms with Crippen molar-refractivity contribution in [1.29, 1.82) is 0 Å². The fourth-order valence-electron chi connectivity index (χ4n) is 3.36. The second-order valence-corrected chi connectivity index (χ2v) is 6.78. The Hall–Kier alpha value is -2.41. The molecule has 0 spiro atoms. The van der Waals surface area contributed by atoms with Crippen LogP contribution >= 0.6 is 0 Å². The predicted octanol–water partition coefficient (Wildman–Crippen LogP) is 1.62. The van der Waals surface area contributed by atoms with Gasteiger partial charge in [0.15, 0.2) is 0 Å². The van der Waals surface area contributed by atoms with E-state index in [0.717, 1.165) is 24.4 Å². The first kappa shape index (κ1) is 18.4. The van der Waals surface area contributed by atoms with Gasteiger partial charge in [-0.25, -0.2) is 9.67 Å². The van der Waals surface area contributed by atoms with Gasteiger partial charge in [-0.3, -0.25) is 4.79 Å². The molecule has 7 nitrogen and oxygen atoms in total. The molecule has 0 unspecified atom stereocenters. The SMILES string of the molecule is Cc1nc(C)n(CCC(=O)NC[C@H]2CC[C@@H](Oc3ccccc3)[C@@H]2O)n1. The Morgan fingerprint density at radius 2 is 2.08 bits per heavy atom. The maximum atomic E-state index is 12.1. The molecule has 2 aromatic rings. The Labute approximate surface area is 153 Å². The van der Waals surface area contributed by atoms with Gasteiger partial charge in [-0.1, -0.05) is 18.2 Å². The number of hydrogen-bond donors (Lipinski definition) is 2. The van der Waals surface area contributed by atoms with Gasteiger partial charge in [0, 0.05) is 18.9 Å². The van der Waals surface area contributed by atoms with Gasteiger partial charge in [-0.05, 0) is 38.8 Å². The lowest BCUT2D eigenvalue weighted by molar-refractivity contribution is -0.121. The molecular formula is C19H26N4O3. The van der Waals surface area contributed by atoms with E-state index in [4.69, 9.17) is 4.74 Å². The van der Waals surface area contributed by atoms with Crippen LogP contribution in [0.4, 0.5) is 0 Å². The Bertz CT molecular complexity index is 732. The molecule has 26 heavy (non-hydrogen) atoms. The Morgan fingerprint density at radius 1 is 1.31 bits per heavy atom. The van der Waals surface area contributed by atoms with E-state index in [-0.39, 0.29) is 17.9 Å². The van der Waals surface area contributed by atoms with Gasteiger partial charge >= 0.3 is 0 Å². The van der Waals surface area contributed by atoms with E-state index >= 15 is 0 Å². The van der Waals surface area contributed by atoms with Crippen molar-refractivity contribution >= 4 is 5.91 Å². The summed E-state index contributed by atoms with van der Waals surface area (Å²) in [6.07, 6.45) is 1.17. The van der Waals surface area contributed by atoms with Gasteiger partial charge in [0.2, 0.25) is 5.91 Å². The molecule has 1 amide bonds. The van der Waals surface area contributed by atoms with Crippen molar-refractivity contribution in [2.24, 2.45) is 5.92 Å². The number of carbonyl (C=O) groups excluding carboxylic acids is 1. The van der Waals surface area contributed by atoms with Crippen molar-refractivity contribution in [3.63, 3.8) is 0 Å². The van der Waals surface area contributed by atoms with E-state index in [1.807, 2.05) is 44.2 Å². The normalized spacial score (nSPS) is 22.3. The van der Waals surface area contributed by atoms with Crippen LogP contribution in [0.5, 0.6) is 5.75 Å². The molecule has 7 heteroatoms. The van der Waals surface area contributed by atoms with Crippen molar-refractivity contribution in [3.05, 3.63) is 42.0 Å². The second-order valence-electron chi connectivity index (χ2n) is 6.78. The van der Waals surface area contributed by atoms with Crippen molar-refractivity contribution in [2.75, 3.05) is 6.54 Å². The third-order valence-corrected chi connectivity index (χ3v) is 4.79. The third-order valence-electron chi connectivity index (χ3n) is 4.79. The number of ether oxygens (including phenoxy) is 1. The Balaban J connectivity index is 1.41. The molecule has 1 aliphatic carbocycles. The van der Waals surface area contributed by atoms with Crippen LogP contribution in [-0.2, 0) is 11.3 Å². The quantitative estimate of drug-likeness (QED) is 0.785. The van der Waals surface area contributed by atoms with E-state index in [1.165, 1.54) is 0 Å². The molecule has 2 N–H and O–H groups in total. The van der Waals surface area contributed by atoms with Crippen LogP contribution in [0.25, 0.3) is 0 Å². The lowest BCUT2D eigenvalue weighted by atomic mass is 10.1. The molecule has 1 heterocycles. The van der Waals surface area contributed by atoms with Crippen molar-refractivity contribution < 1.29 is 14.6 Å². The van der Waals surface area contributed by atoms with E-state index in [9.17, 15) is 9.90 Å². The summed E-state index contributed by atoms with van der Waals surface area (Å²) in [5.74, 6) is 2.25. The highest BCUT2D eigenvalue weighted by Crippen LogP contribution is 2.29. The average molecular weight is 358 g/mol. The molecule has 3 rings (SSSR count). The van der Waals surface area contributed by atoms with Gasteiger partial charge in [0.25, 0.3) is 0 Å². The van der Waals surface area contributed by atoms with E-state index in [0.29, 0.717) is 25.3 Å². The Kier molecular flexibility index (Phi) is 5.88. The van der Waals surface area contributed by atoms with Crippen molar-refractivity contribution in [3.8, 4) is 5.75 Å². The zero-order valence-corrected chi connectivity index (χ0v) is 15.3. The van der Waals surface area contributed by atoms with Gasteiger partial charge in [-0.15, -0.1) is 0 Å². The summed E-state index contributed by atoms with van der Waals surface area (Å²) >= 11 is 0. The van der Waals surface area contributed by atoms with Crippen LogP contribution in [0.2, 0.25) is 0 Å². The number of para-hydroxylation sites is 1. The number of aliphatic hydroxyl groups excluding tert-OH is 1. The fourth-order valence-corrected chi connectivity index (χ4v) is 3.36. The maximum absolute atomic E-state index is 12.1. The highest BCUT2D eigenvalue weighted by atomic mass is 16.5. The standard InChI is InChI=1S/C19H26N4O3/c1-13-21-14(2)23(22-13)11-10-18(24)20-12-15-8-9-17(19(15)25)26-16-6-4-3-5-7-16/h3-7,15,17,19,25H,8-12H2,1-2H3,(H,20,24)/t15-,17-,19-/m1/s1. The van der Waals surface area contributed by atoms with Gasteiger partial charge in [0.05, 0.1) is 12.6 Å². The third kappa shape index (κ3) is 4.60. The number of nitrogens with zero attached hydrogens (tertiary/aromatic N) is 3. The minimum atomic E-state index is -0.573. The Morgan fingerprint density at radius 3 is 2.77 bits per heavy atom. The van der Waals surface area contributed by atoms with Crippen molar-refractivity contribution in [2.45, 2.75) is 51.9 Å². The number of carbonyl (C=O) groups is 1. The number of hydrogen-bond acceptors (Lipinski definition) is 5. The summed E-state index contributed by atoms with van der Waals surface area (Å²) in [7, 11) is 0. The zero-order valence-electron chi connectivity index (χ0n) is 15.3. The molecule has 140 valence electrons. The molecule has 1 fully saturated rings. The summed E-state index contributed by atoms with van der Waals surface area (Å²) in [5.41, 5.74) is 0. The molecule has 0 radical (unpaired) electrons. The number of aliphatic hydroxyl groups is 1. The topological polar surface area (TPSA) is 89.3 Å². The smallest absolute Gasteiger partial charge is 0.221 e. The van der Waals surface area contributed by atoms with Crippen LogP contribution in [0.15, 0.2) is 30.3 Å². The summed E-state index contributed by atoms with van der Waals surface area (Å²) in [5, 5.41) is 17.6. The first-order chi connectivity index (χ1) is 12.5. The number of rotatable bonds is 7. The highest BCUT2D eigenvalue weighted by Gasteiger charge is 2.36. The van der Waals surface area contributed by atoms with Gasteiger partial charge in [0.1, 0.15) is 23.5 Å². The van der Waals surface area contributed by atoms with Crippen molar-refractivity contribution in [1.82, 2.24) is 20.1 Å². The largest absolute Gasteiger partial charge is 0.488 e. The first-order valence-corrected chi connectivity index (χ1v) is 9.07. The molecule has 0 bridgehead atoms. The van der Waals surface area contributed by atoms with Crippen LogP contribution < -0.4 is 10.1 Å². The minimum absolute atomic E-state index is 0.0167. The van der Waals surface area contributed by atoms with Crippen LogP contribution in [-0.4, -0.2) is 44.5 Å². The molecule has 1 aromatic carbocycles. The summed E-state index contributed by atoms with van der Waals surface area (Å²) in [6.45, 7) is 4.67. The lowest BCUT2D eigenvalue weighted by Gasteiger charge is -2.21. The molecule has 0 saturated heterocycles. The molecule has 3 atom stereocenters.